The van der Waals surface area contributed by atoms with Crippen molar-refractivity contribution in [3.05, 3.63) is 0 Å². The second-order valence-corrected chi connectivity index (χ2v) is 2.63. The smallest absolute Gasteiger partial charge is 0.185 e. The van der Waals surface area contributed by atoms with Crippen LogP contribution in [0.4, 0.5) is 4.39 Å². The number of Topliss-reactive ketones (excluding diaryl/α,β-unsaturated/α-hetero) is 1. The third kappa shape index (κ3) is 2.56. The molecule has 1 unspecified atom stereocenters. The van der Waals surface area contributed by atoms with Crippen molar-refractivity contribution in [3.63, 3.8) is 0 Å². The van der Waals surface area contributed by atoms with E-state index in [-0.39, 0.29) is 0 Å². The molecule has 54 valence electrons. The van der Waals surface area contributed by atoms with Crippen LogP contribution in [-0.4, -0.2) is 17.5 Å². The van der Waals surface area contributed by atoms with E-state index < -0.39 is 17.5 Å². The van der Waals surface area contributed by atoms with Gasteiger partial charge in [0.25, 0.3) is 0 Å². The number of carbonyl (C=O) groups excluding carboxylic acids is 1. The molecule has 0 fully saturated rings. The zero-order chi connectivity index (χ0) is 7.65. The quantitative estimate of drug-likeness (QED) is 0.601. The van der Waals surface area contributed by atoms with Crippen molar-refractivity contribution >= 4 is 5.78 Å². The van der Waals surface area contributed by atoms with Gasteiger partial charge in [-0.25, -0.2) is 4.39 Å². The molecule has 0 saturated carbocycles. The molecule has 1 atom stereocenters. The molecule has 0 heterocycles. The van der Waals surface area contributed by atoms with Crippen molar-refractivity contribution < 1.29 is 9.18 Å². The topological polar surface area (TPSA) is 43.1 Å². The van der Waals surface area contributed by atoms with Crippen LogP contribution in [0.3, 0.4) is 0 Å². The van der Waals surface area contributed by atoms with Gasteiger partial charge in [-0.1, -0.05) is 0 Å². The van der Waals surface area contributed by atoms with Crippen LogP contribution in [0, 0.1) is 0 Å². The molecule has 0 saturated heterocycles. The first-order valence-corrected chi connectivity index (χ1v) is 2.84. The summed E-state index contributed by atoms with van der Waals surface area (Å²) in [5.74, 6) is -0.553. The lowest BCUT2D eigenvalue weighted by atomic mass is 10.0. The highest BCUT2D eigenvalue weighted by atomic mass is 19.1. The molecule has 0 aliphatic heterocycles. The van der Waals surface area contributed by atoms with Crippen LogP contribution in [0.1, 0.15) is 20.8 Å². The maximum atomic E-state index is 12.6. The highest BCUT2D eigenvalue weighted by molar-refractivity contribution is 5.90. The minimum absolute atomic E-state index is 0.553. The van der Waals surface area contributed by atoms with Gasteiger partial charge in [-0.3, -0.25) is 4.79 Å². The Bertz CT molecular complexity index is 115. The number of hydrogen-bond acceptors (Lipinski definition) is 2. The van der Waals surface area contributed by atoms with Gasteiger partial charge in [0.05, 0.1) is 6.04 Å². The maximum Gasteiger partial charge on any atom is 0.185 e. The number of carbonyl (C=O) groups is 1. The predicted molar refractivity (Wildman–Crippen MR) is 33.8 cm³/mol. The van der Waals surface area contributed by atoms with Crippen molar-refractivity contribution in [2.75, 3.05) is 0 Å². The Labute approximate surface area is 54.2 Å². The molecule has 0 aliphatic rings. The number of halogens is 1. The van der Waals surface area contributed by atoms with Crippen molar-refractivity contribution in [1.82, 2.24) is 0 Å². The molecule has 2 nitrogen and oxygen atoms in total. The van der Waals surface area contributed by atoms with E-state index in [1.54, 1.807) is 0 Å². The second kappa shape index (κ2) is 2.43. The van der Waals surface area contributed by atoms with Crippen molar-refractivity contribution in [1.29, 1.82) is 0 Å². The molecule has 0 aromatic rings. The Balaban J connectivity index is 4.06. The van der Waals surface area contributed by atoms with E-state index in [0.717, 1.165) is 0 Å². The Morgan fingerprint density at radius 3 is 2.00 bits per heavy atom. The van der Waals surface area contributed by atoms with E-state index in [1.165, 1.54) is 20.8 Å². The highest BCUT2D eigenvalue weighted by Gasteiger charge is 2.28. The van der Waals surface area contributed by atoms with E-state index in [0.29, 0.717) is 0 Å². The van der Waals surface area contributed by atoms with Gasteiger partial charge in [0.2, 0.25) is 0 Å². The third-order valence-corrected chi connectivity index (χ3v) is 0.999. The number of nitrogens with two attached hydrogens (primary N) is 1. The lowest BCUT2D eigenvalue weighted by Gasteiger charge is -2.14. The van der Waals surface area contributed by atoms with Crippen LogP contribution in [0.5, 0.6) is 0 Å². The van der Waals surface area contributed by atoms with Gasteiger partial charge in [0, 0.05) is 0 Å². The normalized spacial score (nSPS) is 15.2. The van der Waals surface area contributed by atoms with Gasteiger partial charge < -0.3 is 5.73 Å². The number of ketones is 1. The van der Waals surface area contributed by atoms with E-state index in [4.69, 9.17) is 5.73 Å². The molecule has 0 radical (unpaired) electrons. The molecular formula is C6H12FNO. The Morgan fingerprint density at radius 1 is 1.67 bits per heavy atom. The largest absolute Gasteiger partial charge is 0.322 e. The summed E-state index contributed by atoms with van der Waals surface area (Å²) < 4.78 is 12.6. The van der Waals surface area contributed by atoms with Gasteiger partial charge >= 0.3 is 0 Å². The van der Waals surface area contributed by atoms with Gasteiger partial charge in [0.15, 0.2) is 11.5 Å². The molecule has 0 rings (SSSR count). The summed E-state index contributed by atoms with van der Waals surface area (Å²) in [4.78, 5) is 10.7. The standard InChI is InChI=1S/C6H12FNO/c1-4(8)5(9)6(2,3)7/h4H,8H2,1-3H3. The molecule has 3 heteroatoms. The second-order valence-electron chi connectivity index (χ2n) is 2.63. The number of rotatable bonds is 2. The summed E-state index contributed by atoms with van der Waals surface area (Å²) in [5.41, 5.74) is 3.35. The predicted octanol–water partition coefficient (Wildman–Crippen LogP) is 0.651. The molecular weight excluding hydrogens is 121 g/mol. The summed E-state index contributed by atoms with van der Waals surface area (Å²) in [6, 6.07) is -0.704. The Hall–Kier alpha value is -0.440. The lowest BCUT2D eigenvalue weighted by Crippen LogP contribution is -2.39. The van der Waals surface area contributed by atoms with Gasteiger partial charge in [-0.05, 0) is 20.8 Å². The van der Waals surface area contributed by atoms with Crippen LogP contribution in [-0.2, 0) is 4.79 Å². The summed E-state index contributed by atoms with van der Waals surface area (Å²) in [6.07, 6.45) is 0. The van der Waals surface area contributed by atoms with Crippen LogP contribution >= 0.6 is 0 Å². The Kier molecular flexibility index (Phi) is 2.32. The van der Waals surface area contributed by atoms with Crippen LogP contribution < -0.4 is 5.73 Å². The average molecular weight is 133 g/mol. The van der Waals surface area contributed by atoms with Crippen molar-refractivity contribution in [2.45, 2.75) is 32.5 Å². The van der Waals surface area contributed by atoms with Crippen LogP contribution in [0.15, 0.2) is 0 Å². The first-order valence-electron chi connectivity index (χ1n) is 2.84. The number of alkyl halides is 1. The SMILES string of the molecule is CC(N)C(=O)C(C)(C)F. The monoisotopic (exact) mass is 133 g/mol. The molecule has 0 bridgehead atoms. The third-order valence-electron chi connectivity index (χ3n) is 0.999. The average Bonchev–Trinajstić information content (AvgIpc) is 1.62. The fourth-order valence-corrected chi connectivity index (χ4v) is 0.541. The lowest BCUT2D eigenvalue weighted by molar-refractivity contribution is -0.129. The van der Waals surface area contributed by atoms with Gasteiger partial charge in [0.1, 0.15) is 0 Å². The molecule has 0 aromatic heterocycles. The fraction of sp³-hybridized carbons (Fsp3) is 0.833. The van der Waals surface area contributed by atoms with Crippen molar-refractivity contribution in [2.24, 2.45) is 5.73 Å². The first-order chi connectivity index (χ1) is 3.85. The summed E-state index contributed by atoms with van der Waals surface area (Å²) in [6.45, 7) is 3.89. The van der Waals surface area contributed by atoms with E-state index in [2.05, 4.69) is 0 Å². The zero-order valence-electron chi connectivity index (χ0n) is 5.94. The summed E-state index contributed by atoms with van der Waals surface area (Å²) in [5, 5.41) is 0. The number of hydrogen-bond donors (Lipinski definition) is 1. The molecule has 9 heavy (non-hydrogen) atoms. The minimum atomic E-state index is -1.78. The van der Waals surface area contributed by atoms with Gasteiger partial charge in [-0.2, -0.15) is 0 Å². The fourth-order valence-electron chi connectivity index (χ4n) is 0.541. The maximum absolute atomic E-state index is 12.6. The first kappa shape index (κ1) is 8.56. The van der Waals surface area contributed by atoms with Crippen molar-refractivity contribution in [3.8, 4) is 0 Å². The Morgan fingerprint density at radius 2 is 2.00 bits per heavy atom. The molecule has 0 aliphatic carbocycles. The highest BCUT2D eigenvalue weighted by Crippen LogP contribution is 2.10. The molecule has 0 aromatic carbocycles. The van der Waals surface area contributed by atoms with E-state index in [1.807, 2.05) is 0 Å². The summed E-state index contributed by atoms with van der Waals surface area (Å²) in [7, 11) is 0. The summed E-state index contributed by atoms with van der Waals surface area (Å²) >= 11 is 0. The molecule has 0 amide bonds. The molecule has 0 spiro atoms. The van der Waals surface area contributed by atoms with Gasteiger partial charge in [-0.15, -0.1) is 0 Å². The van der Waals surface area contributed by atoms with Crippen LogP contribution in [0.25, 0.3) is 0 Å². The zero-order valence-corrected chi connectivity index (χ0v) is 5.94. The van der Waals surface area contributed by atoms with E-state index in [9.17, 15) is 9.18 Å². The molecule has 2 N–H and O–H groups in total. The minimum Gasteiger partial charge on any atom is -0.322 e. The van der Waals surface area contributed by atoms with Crippen LogP contribution in [0.2, 0.25) is 0 Å². The van der Waals surface area contributed by atoms with E-state index >= 15 is 0 Å².